The number of hydrogen-bond acceptors (Lipinski definition) is 6. The van der Waals surface area contributed by atoms with Crippen molar-refractivity contribution in [3.63, 3.8) is 0 Å². The third-order valence-electron chi connectivity index (χ3n) is 8.23. The van der Waals surface area contributed by atoms with Crippen molar-refractivity contribution in [3.05, 3.63) is 59.7 Å². The first-order chi connectivity index (χ1) is 19.0. The van der Waals surface area contributed by atoms with Gasteiger partial charge in [0.2, 0.25) is 5.91 Å². The van der Waals surface area contributed by atoms with Crippen molar-refractivity contribution in [2.45, 2.75) is 88.4 Å². The maximum atomic E-state index is 13.5. The molecule has 0 radical (unpaired) electrons. The lowest BCUT2D eigenvalue weighted by Crippen LogP contribution is -2.60. The van der Waals surface area contributed by atoms with Crippen LogP contribution < -0.4 is 10.6 Å². The largest absolute Gasteiger partial charge is 0.508 e. The highest BCUT2D eigenvalue weighted by Gasteiger charge is 2.41. The van der Waals surface area contributed by atoms with Gasteiger partial charge in [-0.05, 0) is 76.6 Å². The van der Waals surface area contributed by atoms with E-state index in [9.17, 15) is 19.8 Å². The first kappa shape index (κ1) is 30.4. The minimum atomic E-state index is -0.886. The summed E-state index contributed by atoms with van der Waals surface area (Å²) in [5.41, 5.74) is 0.543. The van der Waals surface area contributed by atoms with E-state index < -0.39 is 12.1 Å². The highest BCUT2D eigenvalue weighted by atomic mass is 32.2. The quantitative estimate of drug-likeness (QED) is 0.327. The standard InChI is InChI=1S/C32H45N3O4S/c1-21-25(15-10-16-28(21)36)30(38)33-26(20-40-24-13-6-5-7-14-24)29(37)19-35-18-23-12-9-8-11-22(23)17-27(35)31(39)34-32(2,3)4/h5-7,10,13-16,22-23,26-27,29,36-37H,8-9,11-12,17-20H2,1-4H3,(H,33,38)(H,34,39)/t22-,23-,26-,27-,29+/m0/s1. The number of aliphatic hydroxyl groups is 1. The predicted octanol–water partition coefficient (Wildman–Crippen LogP) is 4.75. The van der Waals surface area contributed by atoms with E-state index in [-0.39, 0.29) is 29.1 Å². The number of aromatic hydroxyl groups is 1. The van der Waals surface area contributed by atoms with E-state index in [1.54, 1.807) is 36.9 Å². The lowest BCUT2D eigenvalue weighted by Gasteiger charge is -2.47. The summed E-state index contributed by atoms with van der Waals surface area (Å²) in [6, 6.07) is 13.9. The second-order valence-corrected chi connectivity index (χ2v) is 13.6. The number of nitrogens with zero attached hydrogens (tertiary/aromatic N) is 1. The fourth-order valence-electron chi connectivity index (χ4n) is 6.06. The normalized spacial score (nSPS) is 23.1. The molecule has 2 amide bonds. The predicted molar refractivity (Wildman–Crippen MR) is 161 cm³/mol. The van der Waals surface area contributed by atoms with E-state index in [0.29, 0.717) is 35.3 Å². The number of carbonyl (C=O) groups is 2. The number of β-amino-alcohol motifs (C(OH)–C–C–N with tert-alkyl or cyclic N) is 1. The molecule has 0 spiro atoms. The summed E-state index contributed by atoms with van der Waals surface area (Å²) in [5, 5.41) is 28.0. The van der Waals surface area contributed by atoms with E-state index in [4.69, 9.17) is 0 Å². The summed E-state index contributed by atoms with van der Waals surface area (Å²) in [4.78, 5) is 30.0. The third-order valence-corrected chi connectivity index (χ3v) is 9.36. The molecule has 218 valence electrons. The van der Waals surface area contributed by atoms with E-state index >= 15 is 0 Å². The summed E-state index contributed by atoms with van der Waals surface area (Å²) >= 11 is 1.57. The molecule has 1 saturated heterocycles. The number of hydrogen-bond donors (Lipinski definition) is 4. The number of fused-ring (bicyclic) bond motifs is 1. The van der Waals surface area contributed by atoms with Gasteiger partial charge in [0, 0.05) is 40.4 Å². The number of phenols is 1. The second kappa shape index (κ2) is 13.4. The van der Waals surface area contributed by atoms with Gasteiger partial charge in [0.15, 0.2) is 0 Å². The van der Waals surface area contributed by atoms with Crippen LogP contribution in [0.25, 0.3) is 0 Å². The second-order valence-electron chi connectivity index (χ2n) is 12.5. The van der Waals surface area contributed by atoms with Crippen molar-refractivity contribution in [2.24, 2.45) is 11.8 Å². The van der Waals surface area contributed by atoms with Crippen molar-refractivity contribution in [2.75, 3.05) is 18.8 Å². The SMILES string of the molecule is Cc1c(O)cccc1C(=O)N[C@@H](CSc1ccccc1)[C@H](O)CN1C[C@@H]2CCCC[C@H]2C[C@H]1C(=O)NC(C)(C)C. The Morgan fingerprint density at radius 2 is 1.75 bits per heavy atom. The summed E-state index contributed by atoms with van der Waals surface area (Å²) in [5.74, 6) is 1.27. The third kappa shape index (κ3) is 8.02. The number of amides is 2. The Balaban J connectivity index is 1.54. The Morgan fingerprint density at radius 1 is 1.05 bits per heavy atom. The zero-order valence-corrected chi connectivity index (χ0v) is 25.0. The van der Waals surface area contributed by atoms with Gasteiger partial charge in [0.25, 0.3) is 5.91 Å². The molecule has 1 aliphatic heterocycles. The number of carbonyl (C=O) groups excluding carboxylic acids is 2. The number of nitrogens with one attached hydrogen (secondary N) is 2. The molecule has 40 heavy (non-hydrogen) atoms. The smallest absolute Gasteiger partial charge is 0.252 e. The molecule has 2 aromatic carbocycles. The Morgan fingerprint density at radius 3 is 2.45 bits per heavy atom. The number of aliphatic hydroxyl groups excluding tert-OH is 1. The minimum Gasteiger partial charge on any atom is -0.508 e. The van der Waals surface area contributed by atoms with Crippen LogP contribution in [0.5, 0.6) is 5.75 Å². The van der Waals surface area contributed by atoms with E-state index in [2.05, 4.69) is 15.5 Å². The van der Waals surface area contributed by atoms with Gasteiger partial charge in [-0.15, -0.1) is 11.8 Å². The highest BCUT2D eigenvalue weighted by Crippen LogP contribution is 2.39. The molecule has 2 fully saturated rings. The minimum absolute atomic E-state index is 0.0124. The monoisotopic (exact) mass is 567 g/mol. The Hall–Kier alpha value is -2.55. The van der Waals surface area contributed by atoms with E-state index in [0.717, 1.165) is 30.7 Å². The lowest BCUT2D eigenvalue weighted by molar-refractivity contribution is -0.132. The zero-order chi connectivity index (χ0) is 28.9. The van der Waals surface area contributed by atoms with Crippen LogP contribution in [-0.4, -0.2) is 69.5 Å². The topological polar surface area (TPSA) is 102 Å². The molecule has 4 N–H and O–H groups in total. The molecular formula is C32H45N3O4S. The fraction of sp³-hybridized carbons (Fsp3) is 0.562. The molecule has 1 aliphatic carbocycles. The van der Waals surface area contributed by atoms with Gasteiger partial charge in [-0.1, -0.05) is 43.5 Å². The first-order valence-corrected chi connectivity index (χ1v) is 15.5. The molecule has 1 saturated carbocycles. The maximum Gasteiger partial charge on any atom is 0.252 e. The van der Waals surface area contributed by atoms with Crippen molar-refractivity contribution in [3.8, 4) is 5.75 Å². The van der Waals surface area contributed by atoms with Crippen LogP contribution in [0.1, 0.15) is 68.8 Å². The number of rotatable bonds is 9. The van der Waals surface area contributed by atoms with Crippen molar-refractivity contribution >= 4 is 23.6 Å². The molecule has 2 aliphatic rings. The Kier molecular flexibility index (Phi) is 10.2. The van der Waals surface area contributed by atoms with Gasteiger partial charge in [0.05, 0.1) is 18.2 Å². The van der Waals surface area contributed by atoms with Gasteiger partial charge in [-0.3, -0.25) is 14.5 Å². The average Bonchev–Trinajstić information content (AvgIpc) is 2.91. The molecule has 0 unspecified atom stereocenters. The van der Waals surface area contributed by atoms with Gasteiger partial charge in [-0.25, -0.2) is 0 Å². The molecule has 0 aromatic heterocycles. The summed E-state index contributed by atoms with van der Waals surface area (Å²) in [7, 11) is 0. The molecule has 1 heterocycles. The Bertz CT molecular complexity index is 1150. The molecule has 4 rings (SSSR count). The number of phenolic OH excluding ortho intramolecular Hbond substituents is 1. The fourth-order valence-corrected chi connectivity index (χ4v) is 7.09. The summed E-state index contributed by atoms with van der Waals surface area (Å²) in [6.07, 6.45) is 4.67. The van der Waals surface area contributed by atoms with E-state index in [1.807, 2.05) is 51.1 Å². The summed E-state index contributed by atoms with van der Waals surface area (Å²) in [6.45, 7) is 8.76. The van der Waals surface area contributed by atoms with Gasteiger partial charge in [-0.2, -0.15) is 0 Å². The van der Waals surface area contributed by atoms with Gasteiger partial charge in [0.1, 0.15) is 5.75 Å². The van der Waals surface area contributed by atoms with Crippen molar-refractivity contribution in [1.29, 1.82) is 0 Å². The summed E-state index contributed by atoms with van der Waals surface area (Å²) < 4.78 is 0. The van der Waals surface area contributed by atoms with Gasteiger partial charge >= 0.3 is 0 Å². The molecular weight excluding hydrogens is 522 g/mol. The van der Waals surface area contributed by atoms with Crippen LogP contribution in [0.3, 0.4) is 0 Å². The lowest BCUT2D eigenvalue weighted by atomic mass is 9.72. The average molecular weight is 568 g/mol. The molecule has 0 bridgehead atoms. The molecule has 7 nitrogen and oxygen atoms in total. The van der Waals surface area contributed by atoms with Crippen molar-refractivity contribution < 1.29 is 19.8 Å². The van der Waals surface area contributed by atoms with Crippen LogP contribution >= 0.6 is 11.8 Å². The van der Waals surface area contributed by atoms with Crippen LogP contribution in [0, 0.1) is 18.8 Å². The Labute approximate surface area is 243 Å². The number of benzene rings is 2. The zero-order valence-electron chi connectivity index (χ0n) is 24.2. The number of thioether (sulfide) groups is 1. The highest BCUT2D eigenvalue weighted by molar-refractivity contribution is 7.99. The van der Waals surface area contributed by atoms with Crippen LogP contribution in [-0.2, 0) is 4.79 Å². The molecule has 5 atom stereocenters. The van der Waals surface area contributed by atoms with E-state index in [1.165, 1.54) is 12.8 Å². The first-order valence-electron chi connectivity index (χ1n) is 14.5. The van der Waals surface area contributed by atoms with Gasteiger partial charge < -0.3 is 20.8 Å². The van der Waals surface area contributed by atoms with Crippen molar-refractivity contribution in [1.82, 2.24) is 15.5 Å². The molecule has 2 aromatic rings. The number of piperidine rings is 1. The number of likely N-dealkylation sites (tertiary alicyclic amines) is 1. The molecule has 8 heteroatoms. The van der Waals surface area contributed by atoms with Crippen LogP contribution in [0.15, 0.2) is 53.4 Å². The maximum absolute atomic E-state index is 13.5. The van der Waals surface area contributed by atoms with Crippen LogP contribution in [0.2, 0.25) is 0 Å². The van der Waals surface area contributed by atoms with Crippen LogP contribution in [0.4, 0.5) is 0 Å².